The Morgan fingerprint density at radius 3 is 3.00 bits per heavy atom. The second kappa shape index (κ2) is 6.12. The topological polar surface area (TPSA) is 84.9 Å². The van der Waals surface area contributed by atoms with E-state index in [1.165, 1.54) is 6.08 Å². The van der Waals surface area contributed by atoms with Crippen molar-refractivity contribution in [2.75, 3.05) is 19.8 Å². The number of carbonyl (C=O) groups excluding carboxylic acids is 1. The zero-order valence-electron chi connectivity index (χ0n) is 8.85. The second-order valence-corrected chi connectivity index (χ2v) is 3.41. The van der Waals surface area contributed by atoms with E-state index in [-0.39, 0.29) is 13.2 Å². The summed E-state index contributed by atoms with van der Waals surface area (Å²) < 4.78 is 9.89. The van der Waals surface area contributed by atoms with Crippen molar-refractivity contribution in [2.45, 2.75) is 12.5 Å². The molecule has 16 heavy (non-hydrogen) atoms. The lowest BCUT2D eigenvalue weighted by Gasteiger charge is -2.15. The molecule has 1 aliphatic rings. The third-order valence-electron chi connectivity index (χ3n) is 2.31. The van der Waals surface area contributed by atoms with E-state index < -0.39 is 24.1 Å². The molecule has 6 heteroatoms. The number of alkyl carbamates (subject to hydrolysis) is 1. The van der Waals surface area contributed by atoms with E-state index in [0.29, 0.717) is 13.0 Å². The molecule has 0 aromatic carbocycles. The molecule has 1 fully saturated rings. The number of rotatable bonds is 5. The molecule has 2 atom stereocenters. The van der Waals surface area contributed by atoms with Gasteiger partial charge in [-0.1, -0.05) is 12.7 Å². The molecule has 0 aromatic heterocycles. The first-order chi connectivity index (χ1) is 7.65. The maximum atomic E-state index is 11.1. The molecular weight excluding hydrogens is 214 g/mol. The van der Waals surface area contributed by atoms with Crippen LogP contribution in [0.3, 0.4) is 0 Å². The summed E-state index contributed by atoms with van der Waals surface area (Å²) in [6.07, 6.45) is 0.850. The number of amides is 1. The molecule has 0 spiro atoms. The predicted octanol–water partition coefficient (Wildman–Crippen LogP) is 0.388. The lowest BCUT2D eigenvalue weighted by molar-refractivity contribution is -0.143. The molecule has 0 saturated carbocycles. The number of hydrogen-bond donors (Lipinski definition) is 2. The monoisotopic (exact) mass is 229 g/mol. The van der Waals surface area contributed by atoms with Crippen LogP contribution in [0.1, 0.15) is 6.42 Å². The highest BCUT2D eigenvalue weighted by molar-refractivity contribution is 5.71. The predicted molar refractivity (Wildman–Crippen MR) is 55.0 cm³/mol. The van der Waals surface area contributed by atoms with Crippen molar-refractivity contribution in [1.82, 2.24) is 5.32 Å². The summed E-state index contributed by atoms with van der Waals surface area (Å²) in [4.78, 5) is 21.8. The maximum Gasteiger partial charge on any atom is 0.407 e. The Kier molecular flexibility index (Phi) is 4.78. The minimum Gasteiger partial charge on any atom is -0.481 e. The van der Waals surface area contributed by atoms with E-state index in [4.69, 9.17) is 9.84 Å². The summed E-state index contributed by atoms with van der Waals surface area (Å²) in [5, 5.41) is 11.3. The number of hydrogen-bond acceptors (Lipinski definition) is 4. The first-order valence-corrected chi connectivity index (χ1v) is 5.01. The van der Waals surface area contributed by atoms with E-state index in [1.54, 1.807) is 0 Å². The van der Waals surface area contributed by atoms with Gasteiger partial charge in [-0.15, -0.1) is 0 Å². The third-order valence-corrected chi connectivity index (χ3v) is 2.31. The van der Waals surface area contributed by atoms with E-state index in [2.05, 4.69) is 16.6 Å². The third kappa shape index (κ3) is 3.54. The molecule has 0 aliphatic carbocycles. The largest absolute Gasteiger partial charge is 0.481 e. The molecule has 0 unspecified atom stereocenters. The quantitative estimate of drug-likeness (QED) is 0.666. The molecule has 1 rings (SSSR count). The standard InChI is InChI=1S/C10H15NO5/c1-2-4-16-10(14)11-6-8-7(9(12)13)3-5-15-8/h2,7-8H,1,3-6H2,(H,11,14)(H,12,13)/t7-,8-/m1/s1. The van der Waals surface area contributed by atoms with Crippen molar-refractivity contribution in [2.24, 2.45) is 5.92 Å². The molecule has 2 N–H and O–H groups in total. The smallest absolute Gasteiger partial charge is 0.407 e. The number of carboxylic acid groups (broad SMARTS) is 1. The van der Waals surface area contributed by atoms with Crippen LogP contribution in [-0.2, 0) is 14.3 Å². The van der Waals surface area contributed by atoms with E-state index in [0.717, 1.165) is 0 Å². The average molecular weight is 229 g/mol. The van der Waals surface area contributed by atoms with Gasteiger partial charge in [0.2, 0.25) is 0 Å². The van der Waals surface area contributed by atoms with Crippen LogP contribution in [0.15, 0.2) is 12.7 Å². The van der Waals surface area contributed by atoms with Crippen molar-refractivity contribution >= 4 is 12.1 Å². The molecular formula is C10H15NO5. The molecule has 1 saturated heterocycles. The van der Waals surface area contributed by atoms with Gasteiger partial charge in [-0.2, -0.15) is 0 Å². The van der Waals surface area contributed by atoms with Gasteiger partial charge in [0.1, 0.15) is 6.61 Å². The van der Waals surface area contributed by atoms with Gasteiger partial charge >= 0.3 is 12.1 Å². The fourth-order valence-corrected chi connectivity index (χ4v) is 1.50. The first kappa shape index (κ1) is 12.5. The second-order valence-electron chi connectivity index (χ2n) is 3.41. The number of aliphatic carboxylic acids is 1. The van der Waals surface area contributed by atoms with Crippen LogP contribution < -0.4 is 5.32 Å². The Bertz CT molecular complexity index is 278. The molecule has 90 valence electrons. The number of ether oxygens (including phenoxy) is 2. The minimum absolute atomic E-state index is 0.125. The van der Waals surface area contributed by atoms with Crippen molar-refractivity contribution in [3.63, 3.8) is 0 Å². The summed E-state index contributed by atoms with van der Waals surface area (Å²) in [6, 6.07) is 0. The van der Waals surface area contributed by atoms with E-state index in [1.807, 2.05) is 0 Å². The summed E-state index contributed by atoms with van der Waals surface area (Å²) in [6.45, 7) is 4.08. The maximum absolute atomic E-state index is 11.1. The lowest BCUT2D eigenvalue weighted by Crippen LogP contribution is -2.37. The van der Waals surface area contributed by atoms with Crippen molar-refractivity contribution in [3.8, 4) is 0 Å². The number of carbonyl (C=O) groups is 2. The van der Waals surface area contributed by atoms with Crippen LogP contribution in [0.5, 0.6) is 0 Å². The summed E-state index contributed by atoms with van der Waals surface area (Å²) in [5.41, 5.74) is 0. The minimum atomic E-state index is -0.899. The van der Waals surface area contributed by atoms with Crippen molar-refractivity contribution in [3.05, 3.63) is 12.7 Å². The van der Waals surface area contributed by atoms with E-state index >= 15 is 0 Å². The Labute approximate surface area is 93.2 Å². The lowest BCUT2D eigenvalue weighted by atomic mass is 10.0. The molecule has 1 amide bonds. The molecule has 0 radical (unpaired) electrons. The highest BCUT2D eigenvalue weighted by atomic mass is 16.5. The van der Waals surface area contributed by atoms with Gasteiger partial charge < -0.3 is 19.9 Å². The van der Waals surface area contributed by atoms with Crippen LogP contribution >= 0.6 is 0 Å². The summed E-state index contributed by atoms with van der Waals surface area (Å²) in [5.74, 6) is -1.46. The normalized spacial score (nSPS) is 23.8. The Hall–Kier alpha value is -1.56. The molecule has 0 bridgehead atoms. The van der Waals surface area contributed by atoms with Crippen LogP contribution in [0.2, 0.25) is 0 Å². The average Bonchev–Trinajstić information content (AvgIpc) is 2.71. The number of carboxylic acids is 1. The highest BCUT2D eigenvalue weighted by Crippen LogP contribution is 2.20. The van der Waals surface area contributed by atoms with Crippen molar-refractivity contribution < 1.29 is 24.2 Å². The van der Waals surface area contributed by atoms with Gasteiger partial charge in [0.15, 0.2) is 0 Å². The zero-order chi connectivity index (χ0) is 12.0. The van der Waals surface area contributed by atoms with Gasteiger partial charge in [0, 0.05) is 13.2 Å². The fourth-order valence-electron chi connectivity index (χ4n) is 1.50. The van der Waals surface area contributed by atoms with Gasteiger partial charge in [0.05, 0.1) is 12.0 Å². The van der Waals surface area contributed by atoms with Crippen LogP contribution in [0.4, 0.5) is 4.79 Å². The highest BCUT2D eigenvalue weighted by Gasteiger charge is 2.34. The van der Waals surface area contributed by atoms with Gasteiger partial charge in [0.25, 0.3) is 0 Å². The van der Waals surface area contributed by atoms with Gasteiger partial charge in [-0.3, -0.25) is 4.79 Å². The summed E-state index contributed by atoms with van der Waals surface area (Å²) in [7, 11) is 0. The fraction of sp³-hybridized carbons (Fsp3) is 0.600. The molecule has 6 nitrogen and oxygen atoms in total. The van der Waals surface area contributed by atoms with Crippen molar-refractivity contribution in [1.29, 1.82) is 0 Å². The van der Waals surface area contributed by atoms with E-state index in [9.17, 15) is 9.59 Å². The van der Waals surface area contributed by atoms with Crippen LogP contribution in [0.25, 0.3) is 0 Å². The molecule has 1 aliphatic heterocycles. The van der Waals surface area contributed by atoms with Gasteiger partial charge in [-0.25, -0.2) is 4.79 Å². The summed E-state index contributed by atoms with van der Waals surface area (Å²) >= 11 is 0. The SMILES string of the molecule is C=CCOC(=O)NC[C@H]1OCC[C@H]1C(=O)O. The molecule has 1 heterocycles. The Morgan fingerprint density at radius 2 is 2.38 bits per heavy atom. The number of nitrogens with one attached hydrogen (secondary N) is 1. The Balaban J connectivity index is 2.28. The van der Waals surface area contributed by atoms with Gasteiger partial charge in [-0.05, 0) is 6.42 Å². The Morgan fingerprint density at radius 1 is 1.62 bits per heavy atom. The van der Waals surface area contributed by atoms with Crippen LogP contribution in [0, 0.1) is 5.92 Å². The zero-order valence-corrected chi connectivity index (χ0v) is 8.85. The van der Waals surface area contributed by atoms with Crippen LogP contribution in [-0.4, -0.2) is 43.0 Å². The molecule has 0 aromatic rings. The first-order valence-electron chi connectivity index (χ1n) is 5.01.